The van der Waals surface area contributed by atoms with Crippen molar-refractivity contribution in [3.63, 3.8) is 0 Å². The summed E-state index contributed by atoms with van der Waals surface area (Å²) in [5.41, 5.74) is 2.89. The highest BCUT2D eigenvalue weighted by Gasteiger charge is 2.05. The van der Waals surface area contributed by atoms with Gasteiger partial charge < -0.3 is 15.6 Å². The minimum absolute atomic E-state index is 0.212. The summed E-state index contributed by atoms with van der Waals surface area (Å²) in [6.45, 7) is 0.551. The zero-order valence-corrected chi connectivity index (χ0v) is 12.7. The second-order valence-corrected chi connectivity index (χ2v) is 5.44. The van der Waals surface area contributed by atoms with Crippen LogP contribution in [0, 0.1) is 0 Å². The van der Waals surface area contributed by atoms with Crippen molar-refractivity contribution in [3.05, 3.63) is 65.3 Å². The van der Waals surface area contributed by atoms with Gasteiger partial charge in [-0.25, -0.2) is 4.79 Å². The van der Waals surface area contributed by atoms with Crippen molar-refractivity contribution in [1.29, 1.82) is 0 Å². The monoisotopic (exact) mass is 313 g/mol. The molecule has 0 aliphatic carbocycles. The van der Waals surface area contributed by atoms with Crippen LogP contribution in [0.15, 0.2) is 54.7 Å². The summed E-state index contributed by atoms with van der Waals surface area (Å²) >= 11 is 5.94. The molecule has 2 aromatic carbocycles. The Morgan fingerprint density at radius 3 is 2.86 bits per heavy atom. The second-order valence-electron chi connectivity index (χ2n) is 5.01. The zero-order chi connectivity index (χ0) is 15.4. The number of amides is 2. The SMILES string of the molecule is O=C(NCCc1cccc(Cl)c1)Nc1cccc2[nH]ccc12. The molecule has 4 nitrogen and oxygen atoms in total. The largest absolute Gasteiger partial charge is 0.361 e. The molecular formula is C17H16ClN3O. The van der Waals surface area contributed by atoms with E-state index >= 15 is 0 Å². The molecule has 0 atom stereocenters. The molecule has 0 aliphatic rings. The molecular weight excluding hydrogens is 298 g/mol. The number of hydrogen-bond donors (Lipinski definition) is 3. The highest BCUT2D eigenvalue weighted by atomic mass is 35.5. The molecule has 22 heavy (non-hydrogen) atoms. The summed E-state index contributed by atoms with van der Waals surface area (Å²) in [5, 5.41) is 7.43. The molecule has 0 radical (unpaired) electrons. The van der Waals surface area contributed by atoms with Crippen molar-refractivity contribution in [1.82, 2.24) is 10.3 Å². The first-order valence-electron chi connectivity index (χ1n) is 7.08. The first kappa shape index (κ1) is 14.5. The molecule has 0 bridgehead atoms. The summed E-state index contributed by atoms with van der Waals surface area (Å²) in [7, 11) is 0. The van der Waals surface area contributed by atoms with Gasteiger partial charge in [-0.2, -0.15) is 0 Å². The van der Waals surface area contributed by atoms with Crippen molar-refractivity contribution in [2.24, 2.45) is 0 Å². The number of H-pyrrole nitrogens is 1. The first-order chi connectivity index (χ1) is 10.7. The Balaban J connectivity index is 1.55. The number of fused-ring (bicyclic) bond motifs is 1. The summed E-state index contributed by atoms with van der Waals surface area (Å²) in [5.74, 6) is 0. The van der Waals surface area contributed by atoms with E-state index in [2.05, 4.69) is 15.6 Å². The van der Waals surface area contributed by atoms with Crippen LogP contribution in [0.2, 0.25) is 5.02 Å². The number of rotatable bonds is 4. The molecule has 3 rings (SSSR count). The van der Waals surface area contributed by atoms with Crippen LogP contribution in [-0.2, 0) is 6.42 Å². The van der Waals surface area contributed by atoms with Crippen molar-refractivity contribution in [2.75, 3.05) is 11.9 Å². The number of anilines is 1. The fraction of sp³-hybridized carbons (Fsp3) is 0.118. The van der Waals surface area contributed by atoms with E-state index in [9.17, 15) is 4.79 Å². The van der Waals surface area contributed by atoms with Gasteiger partial charge in [0.2, 0.25) is 0 Å². The maximum absolute atomic E-state index is 12.0. The summed E-state index contributed by atoms with van der Waals surface area (Å²) in [4.78, 5) is 15.1. The molecule has 0 unspecified atom stereocenters. The maximum atomic E-state index is 12.0. The predicted octanol–water partition coefficient (Wildman–Crippen LogP) is 4.19. The number of carbonyl (C=O) groups is 1. The number of aromatic amines is 1. The van der Waals surface area contributed by atoms with Crippen LogP contribution < -0.4 is 10.6 Å². The van der Waals surface area contributed by atoms with E-state index in [0.29, 0.717) is 11.6 Å². The molecule has 1 heterocycles. The Morgan fingerprint density at radius 1 is 1.14 bits per heavy atom. The van der Waals surface area contributed by atoms with Crippen LogP contribution >= 0.6 is 11.6 Å². The normalized spacial score (nSPS) is 10.6. The molecule has 5 heteroatoms. The first-order valence-corrected chi connectivity index (χ1v) is 7.45. The minimum atomic E-state index is -0.212. The van der Waals surface area contributed by atoms with Gasteiger partial charge in [0.15, 0.2) is 0 Å². The summed E-state index contributed by atoms with van der Waals surface area (Å²) < 4.78 is 0. The molecule has 0 aliphatic heterocycles. The Labute approximate surface area is 133 Å². The molecule has 0 spiro atoms. The van der Waals surface area contributed by atoms with E-state index in [1.54, 1.807) is 0 Å². The van der Waals surface area contributed by atoms with E-state index < -0.39 is 0 Å². The lowest BCUT2D eigenvalue weighted by atomic mass is 10.1. The third kappa shape index (κ3) is 3.40. The number of aromatic nitrogens is 1. The van der Waals surface area contributed by atoms with Gasteiger partial charge in [-0.15, -0.1) is 0 Å². The molecule has 2 amide bonds. The highest BCUT2D eigenvalue weighted by molar-refractivity contribution is 6.30. The molecule has 0 saturated carbocycles. The van der Waals surface area contributed by atoms with Gasteiger partial charge in [-0.1, -0.05) is 29.8 Å². The van der Waals surface area contributed by atoms with Gasteiger partial charge in [0.1, 0.15) is 0 Å². The van der Waals surface area contributed by atoms with Crippen molar-refractivity contribution < 1.29 is 4.79 Å². The number of benzene rings is 2. The van der Waals surface area contributed by atoms with Gasteiger partial charge in [0.25, 0.3) is 0 Å². The zero-order valence-electron chi connectivity index (χ0n) is 11.9. The molecule has 3 N–H and O–H groups in total. The Bertz CT molecular complexity index is 797. The number of urea groups is 1. The second kappa shape index (κ2) is 6.54. The topological polar surface area (TPSA) is 56.9 Å². The average molecular weight is 314 g/mol. The van der Waals surface area contributed by atoms with E-state index in [1.807, 2.05) is 54.7 Å². The predicted molar refractivity (Wildman–Crippen MR) is 90.5 cm³/mol. The third-order valence-corrected chi connectivity index (χ3v) is 3.67. The molecule has 1 aromatic heterocycles. The van der Waals surface area contributed by atoms with Crippen LogP contribution in [-0.4, -0.2) is 17.6 Å². The lowest BCUT2D eigenvalue weighted by molar-refractivity contribution is 0.252. The van der Waals surface area contributed by atoms with Crippen LogP contribution in [0.1, 0.15) is 5.56 Å². The smallest absolute Gasteiger partial charge is 0.319 e. The van der Waals surface area contributed by atoms with E-state index in [-0.39, 0.29) is 6.03 Å². The van der Waals surface area contributed by atoms with Gasteiger partial charge in [0.05, 0.1) is 5.69 Å². The standard InChI is InChI=1S/C17H16ClN3O/c18-13-4-1-3-12(11-13)7-9-20-17(22)21-16-6-2-5-15-14(16)8-10-19-15/h1-6,8,10-11,19H,7,9H2,(H2,20,21,22). The Morgan fingerprint density at radius 2 is 2.00 bits per heavy atom. The minimum Gasteiger partial charge on any atom is -0.361 e. The molecule has 0 fully saturated rings. The fourth-order valence-electron chi connectivity index (χ4n) is 2.37. The summed E-state index contributed by atoms with van der Waals surface area (Å²) in [6.07, 6.45) is 2.59. The highest BCUT2D eigenvalue weighted by Crippen LogP contribution is 2.21. The Hall–Kier alpha value is -2.46. The van der Waals surface area contributed by atoms with Gasteiger partial charge in [-0.3, -0.25) is 0 Å². The van der Waals surface area contributed by atoms with E-state index in [1.165, 1.54) is 0 Å². The molecule has 3 aromatic rings. The van der Waals surface area contributed by atoms with Crippen LogP contribution in [0.25, 0.3) is 10.9 Å². The van der Waals surface area contributed by atoms with Gasteiger partial charge in [0, 0.05) is 28.7 Å². The van der Waals surface area contributed by atoms with Gasteiger partial charge in [-0.05, 0) is 42.3 Å². The van der Waals surface area contributed by atoms with E-state index in [4.69, 9.17) is 11.6 Å². The lowest BCUT2D eigenvalue weighted by Crippen LogP contribution is -2.30. The van der Waals surface area contributed by atoms with E-state index in [0.717, 1.165) is 28.6 Å². The quantitative estimate of drug-likeness (QED) is 0.664. The Kier molecular flexibility index (Phi) is 4.30. The van der Waals surface area contributed by atoms with Crippen molar-refractivity contribution >= 4 is 34.2 Å². The third-order valence-electron chi connectivity index (χ3n) is 3.43. The van der Waals surface area contributed by atoms with Crippen LogP contribution in [0.4, 0.5) is 10.5 Å². The lowest BCUT2D eigenvalue weighted by Gasteiger charge is -2.09. The maximum Gasteiger partial charge on any atom is 0.319 e. The number of hydrogen-bond acceptors (Lipinski definition) is 1. The van der Waals surface area contributed by atoms with Crippen molar-refractivity contribution in [2.45, 2.75) is 6.42 Å². The van der Waals surface area contributed by atoms with Crippen LogP contribution in [0.5, 0.6) is 0 Å². The number of carbonyl (C=O) groups excluding carboxylic acids is 1. The van der Waals surface area contributed by atoms with Gasteiger partial charge >= 0.3 is 6.03 Å². The summed E-state index contributed by atoms with van der Waals surface area (Å²) in [6, 6.07) is 15.1. The van der Waals surface area contributed by atoms with Crippen LogP contribution in [0.3, 0.4) is 0 Å². The number of nitrogens with one attached hydrogen (secondary N) is 3. The molecule has 112 valence electrons. The molecule has 0 saturated heterocycles. The fourth-order valence-corrected chi connectivity index (χ4v) is 2.59. The number of halogens is 1. The van der Waals surface area contributed by atoms with Crippen molar-refractivity contribution in [3.8, 4) is 0 Å². The average Bonchev–Trinajstić information content (AvgIpc) is 2.97.